The Morgan fingerprint density at radius 3 is 1.62 bits per heavy atom. The Bertz CT molecular complexity index is 2340. The van der Waals surface area contributed by atoms with Gasteiger partial charge < -0.3 is 0 Å². The zero-order chi connectivity index (χ0) is 38.2. The molecule has 0 heterocycles. The number of hydrogen-bond acceptors (Lipinski definition) is 0. The summed E-state index contributed by atoms with van der Waals surface area (Å²) in [5, 5.41) is 0. The molecule has 0 nitrogen and oxygen atoms in total. The van der Waals surface area contributed by atoms with E-state index in [2.05, 4.69) is 198 Å². The van der Waals surface area contributed by atoms with Gasteiger partial charge in [-0.15, -0.1) is 24.8 Å². The van der Waals surface area contributed by atoms with Gasteiger partial charge in [0, 0.05) is 0 Å². The fourth-order valence-corrected chi connectivity index (χ4v) is 26.0. The first kappa shape index (κ1) is 43.0. The zero-order valence-electron chi connectivity index (χ0n) is 35.1. The van der Waals surface area contributed by atoms with Crippen LogP contribution >= 0.6 is 24.8 Å². The third-order valence-electron chi connectivity index (χ3n) is 12.7. The second kappa shape index (κ2) is 15.0. The molecule has 0 bridgehead atoms. The molecule has 0 saturated carbocycles. The molecule has 0 radical (unpaired) electrons. The van der Waals surface area contributed by atoms with E-state index in [1.807, 2.05) is 0 Å². The summed E-state index contributed by atoms with van der Waals surface area (Å²) in [6.45, 7) is 26.4. The van der Waals surface area contributed by atoms with Crippen LogP contribution in [0.1, 0.15) is 98.4 Å². The number of fused-ring (bicyclic) bond motifs is 3. The number of hydrogen-bond donors (Lipinski definition) is 0. The van der Waals surface area contributed by atoms with Crippen LogP contribution in [0.25, 0.3) is 33.4 Å². The van der Waals surface area contributed by atoms with Crippen LogP contribution in [0.15, 0.2) is 130 Å². The van der Waals surface area contributed by atoms with Gasteiger partial charge in [0.15, 0.2) is 0 Å². The van der Waals surface area contributed by atoms with Crippen molar-refractivity contribution in [1.82, 2.24) is 0 Å². The molecule has 0 amide bonds. The zero-order valence-corrected chi connectivity index (χ0v) is 39.2. The van der Waals surface area contributed by atoms with Crippen molar-refractivity contribution in [2.45, 2.75) is 97.5 Å². The van der Waals surface area contributed by atoms with Crippen molar-refractivity contribution in [3.63, 3.8) is 0 Å². The fourth-order valence-electron chi connectivity index (χ4n) is 9.80. The predicted molar refractivity (Wildman–Crippen MR) is 246 cm³/mol. The van der Waals surface area contributed by atoms with Gasteiger partial charge >= 0.3 is 324 Å². The third kappa shape index (κ3) is 7.11. The summed E-state index contributed by atoms with van der Waals surface area (Å²) in [5.74, 6) is 0.311. The summed E-state index contributed by atoms with van der Waals surface area (Å²) in [6, 6.07) is 41.7. The molecule has 5 aromatic carbocycles. The minimum atomic E-state index is -4.80. The fraction of sp³-hybridized carbons (Fsp3) is 0.327. The molecule has 3 heteroatoms. The van der Waals surface area contributed by atoms with E-state index in [1.165, 1.54) is 64.5 Å². The van der Waals surface area contributed by atoms with E-state index in [9.17, 15) is 0 Å². The Hall–Kier alpha value is -3.09. The van der Waals surface area contributed by atoms with Crippen molar-refractivity contribution in [2.75, 3.05) is 0 Å². The van der Waals surface area contributed by atoms with E-state index in [0.717, 1.165) is 10.5 Å². The average Bonchev–Trinajstić information content (AvgIpc) is 3.71. The SMILES string of the molecule is Cl.Cl.[CH2]=[Zr]([CH2]C)([C]1=CC(C(C)(C)C)=CC1C)([c]1ccccc1)[c]1c2c(cc(C(C)(C)C)c1-c1ccccc1)-c1cc(C(C)(C)C)c(-c3ccccc3)cc1C2. The monoisotopic (exact) mass is 846 g/mol. The molecule has 0 aromatic heterocycles. The van der Waals surface area contributed by atoms with Crippen molar-refractivity contribution in [3.8, 4) is 33.4 Å². The summed E-state index contributed by atoms with van der Waals surface area (Å²) in [6.07, 6.45) is 6.12. The Labute approximate surface area is 346 Å². The summed E-state index contributed by atoms with van der Waals surface area (Å²) in [5.41, 5.74) is 15.4. The minimum absolute atomic E-state index is 0. The normalized spacial score (nSPS) is 15.7. The van der Waals surface area contributed by atoms with Crippen LogP contribution in [0.2, 0.25) is 4.13 Å². The summed E-state index contributed by atoms with van der Waals surface area (Å²) < 4.78 is 11.6. The molecular weight excluding hydrogens is 787 g/mol. The van der Waals surface area contributed by atoms with Crippen LogP contribution in [-0.4, -0.2) is 4.21 Å². The van der Waals surface area contributed by atoms with Crippen molar-refractivity contribution < 1.29 is 18.3 Å². The Morgan fingerprint density at radius 1 is 0.618 bits per heavy atom. The molecule has 55 heavy (non-hydrogen) atoms. The first-order chi connectivity index (χ1) is 24.9. The van der Waals surface area contributed by atoms with E-state index in [-0.39, 0.29) is 41.1 Å². The van der Waals surface area contributed by atoms with E-state index >= 15 is 0 Å². The van der Waals surface area contributed by atoms with Crippen LogP contribution in [0, 0.1) is 11.3 Å². The van der Waals surface area contributed by atoms with Crippen LogP contribution in [0.4, 0.5) is 0 Å². The first-order valence-corrected chi connectivity index (χ1v) is 27.1. The van der Waals surface area contributed by atoms with E-state index in [0.29, 0.717) is 5.92 Å². The molecule has 288 valence electrons. The number of halogens is 2. The van der Waals surface area contributed by atoms with E-state index < -0.39 is 18.3 Å². The van der Waals surface area contributed by atoms with Gasteiger partial charge in [0.05, 0.1) is 0 Å². The van der Waals surface area contributed by atoms with Crippen LogP contribution in [0.3, 0.4) is 0 Å². The Morgan fingerprint density at radius 2 is 1.13 bits per heavy atom. The van der Waals surface area contributed by atoms with Crippen molar-refractivity contribution >= 4 is 35.6 Å². The third-order valence-corrected chi connectivity index (χ3v) is 30.1. The summed E-state index contributed by atoms with van der Waals surface area (Å²) >= 11 is -4.80. The average molecular weight is 849 g/mol. The molecular formula is C52H62Cl2Zr. The maximum atomic E-state index is 5.89. The molecule has 1 unspecified atom stereocenters. The summed E-state index contributed by atoms with van der Waals surface area (Å²) in [4.78, 5) is 0. The predicted octanol–water partition coefficient (Wildman–Crippen LogP) is 14.0. The first-order valence-electron chi connectivity index (χ1n) is 19.9. The van der Waals surface area contributed by atoms with Gasteiger partial charge in [-0.25, -0.2) is 0 Å². The molecule has 0 spiro atoms. The van der Waals surface area contributed by atoms with Crippen molar-refractivity contribution in [3.05, 3.63) is 152 Å². The second-order valence-electron chi connectivity index (χ2n) is 19.3. The Balaban J connectivity index is 0.00000290. The van der Waals surface area contributed by atoms with Crippen LogP contribution in [-0.2, 0) is 35.5 Å². The van der Waals surface area contributed by atoms with Gasteiger partial charge in [-0.3, -0.25) is 0 Å². The van der Waals surface area contributed by atoms with E-state index in [4.69, 9.17) is 4.21 Å². The standard InChI is InChI=1S/C33H33.C10H15.C6H5.C2H5.CH2.2ClH.Zr/c1-32(2,3)30-20-26-24(18-28(30)22-13-9-7-10-14-22)17-25-19-29(23-15-11-8-12-16-23)31(21-27(25)26)33(4,5)6;1-8-5-6-9(7-8)10(2,3)4;1-2-4-6-5-3-1;1-2;;;;/h7-16,18,20-21H,17H2,1-6H3;6-8H,1-4H3;1-5H;1H2,2H3;1H2;2*1H;. The molecule has 2 aliphatic rings. The molecule has 0 fully saturated rings. The molecule has 0 N–H and O–H groups in total. The van der Waals surface area contributed by atoms with Gasteiger partial charge in [-0.1, -0.05) is 0 Å². The van der Waals surface area contributed by atoms with Crippen LogP contribution < -0.4 is 6.54 Å². The quantitative estimate of drug-likeness (QED) is 0.157. The summed E-state index contributed by atoms with van der Waals surface area (Å²) in [7, 11) is 0. The van der Waals surface area contributed by atoms with Gasteiger partial charge in [-0.05, 0) is 0 Å². The van der Waals surface area contributed by atoms with Crippen molar-refractivity contribution in [2.24, 2.45) is 11.3 Å². The molecule has 0 aliphatic heterocycles. The van der Waals surface area contributed by atoms with Gasteiger partial charge in [0.1, 0.15) is 0 Å². The Kier molecular flexibility index (Phi) is 11.8. The number of rotatable bonds is 6. The molecule has 5 aromatic rings. The maximum absolute atomic E-state index is 5.89. The molecule has 1 atom stereocenters. The molecule has 7 rings (SSSR count). The number of benzene rings is 5. The van der Waals surface area contributed by atoms with Gasteiger partial charge in [0.25, 0.3) is 0 Å². The van der Waals surface area contributed by atoms with Gasteiger partial charge in [-0.2, -0.15) is 0 Å². The van der Waals surface area contributed by atoms with Crippen molar-refractivity contribution in [1.29, 1.82) is 0 Å². The van der Waals surface area contributed by atoms with E-state index in [1.54, 1.807) is 6.55 Å². The number of allylic oxidation sites excluding steroid dienone is 4. The molecule has 0 saturated heterocycles. The molecule has 2 aliphatic carbocycles. The second-order valence-corrected chi connectivity index (χ2v) is 33.4. The van der Waals surface area contributed by atoms with Gasteiger partial charge in [0.2, 0.25) is 0 Å². The van der Waals surface area contributed by atoms with Crippen LogP contribution in [0.5, 0.6) is 0 Å². The topological polar surface area (TPSA) is 0 Å².